The Hall–Kier alpha value is -1.62. The van der Waals surface area contributed by atoms with Gasteiger partial charge in [-0.25, -0.2) is 4.98 Å². The average Bonchev–Trinajstić information content (AvgIpc) is 2.62. The van der Waals surface area contributed by atoms with Crippen molar-refractivity contribution in [3.8, 4) is 0 Å². The molecule has 5 nitrogen and oxygen atoms in total. The van der Waals surface area contributed by atoms with Crippen molar-refractivity contribution in [2.45, 2.75) is 78.3 Å². The van der Waals surface area contributed by atoms with Crippen LogP contribution in [0, 0.1) is 6.92 Å². The maximum absolute atomic E-state index is 4.88. The highest BCUT2D eigenvalue weighted by molar-refractivity contribution is 5.40. The van der Waals surface area contributed by atoms with E-state index in [4.69, 9.17) is 4.98 Å². The van der Waals surface area contributed by atoms with Crippen LogP contribution in [0.1, 0.15) is 64.8 Å². The molecule has 1 fully saturated rings. The molecule has 140 valence electrons. The number of nitrogens with one attached hydrogen (secondary N) is 2. The van der Waals surface area contributed by atoms with Crippen LogP contribution in [0.2, 0.25) is 0 Å². The van der Waals surface area contributed by atoms with Crippen LogP contribution in [0.25, 0.3) is 0 Å². The van der Waals surface area contributed by atoms with Crippen LogP contribution < -0.4 is 10.2 Å². The summed E-state index contributed by atoms with van der Waals surface area (Å²) in [6, 6.07) is 4.65. The first-order chi connectivity index (χ1) is 11.9. The van der Waals surface area contributed by atoms with Crippen molar-refractivity contribution in [2.24, 2.45) is 0 Å². The van der Waals surface area contributed by atoms with E-state index in [0.717, 1.165) is 43.1 Å². The Bertz CT molecular complexity index is 586. The summed E-state index contributed by atoms with van der Waals surface area (Å²) in [6.07, 6.45) is 7.54. The number of hydrogen-bond donors (Lipinski definition) is 2. The first-order valence-corrected chi connectivity index (χ1v) is 9.65. The maximum Gasteiger partial charge on any atom is 0.130 e. The van der Waals surface area contributed by atoms with Gasteiger partial charge in [0, 0.05) is 48.3 Å². The van der Waals surface area contributed by atoms with E-state index in [1.807, 2.05) is 13.0 Å². The zero-order valence-corrected chi connectivity index (χ0v) is 16.6. The number of aromatic amines is 1. The summed E-state index contributed by atoms with van der Waals surface area (Å²) in [5.41, 5.74) is 2.27. The monoisotopic (exact) mass is 345 g/mol. The molecule has 0 bridgehead atoms. The minimum absolute atomic E-state index is 0.140. The first kappa shape index (κ1) is 19.7. The standard InChI is InChI=1S/C20H35N5/c1-6-7-9-17-14-19(22-16(2)11-12-21-24-17)25-13-8-10-18(15-25)23-20(3,4)5/h11-12,14,18,23-24H,6-10,13,15H2,1-5H3. The molecular weight excluding hydrogens is 310 g/mol. The number of aryl methyl sites for hydroxylation is 2. The number of rotatable bonds is 5. The predicted molar refractivity (Wildman–Crippen MR) is 105 cm³/mol. The molecule has 2 heterocycles. The van der Waals surface area contributed by atoms with Crippen molar-refractivity contribution in [2.75, 3.05) is 18.0 Å². The third kappa shape index (κ3) is 7.02. The zero-order chi connectivity index (χ0) is 18.3. The molecule has 1 unspecified atom stereocenters. The van der Waals surface area contributed by atoms with E-state index in [-0.39, 0.29) is 5.54 Å². The third-order valence-electron chi connectivity index (χ3n) is 4.37. The fraction of sp³-hybridized carbons (Fsp3) is 0.700. The van der Waals surface area contributed by atoms with Gasteiger partial charge >= 0.3 is 0 Å². The lowest BCUT2D eigenvalue weighted by Gasteiger charge is -2.37. The lowest BCUT2D eigenvalue weighted by Crippen LogP contribution is -2.52. The van der Waals surface area contributed by atoms with Crippen molar-refractivity contribution in [1.82, 2.24) is 20.5 Å². The summed E-state index contributed by atoms with van der Waals surface area (Å²) in [6.45, 7) is 13.0. The Kier molecular flexibility index (Phi) is 7.24. The van der Waals surface area contributed by atoms with Gasteiger partial charge < -0.3 is 10.2 Å². The Morgan fingerprint density at radius 1 is 1.36 bits per heavy atom. The molecule has 2 N–H and O–H groups in total. The van der Waals surface area contributed by atoms with Gasteiger partial charge in [0.2, 0.25) is 0 Å². The van der Waals surface area contributed by atoms with E-state index < -0.39 is 0 Å². The van der Waals surface area contributed by atoms with Gasteiger partial charge in [0.15, 0.2) is 0 Å². The molecule has 0 spiro atoms. The van der Waals surface area contributed by atoms with Crippen molar-refractivity contribution < 1.29 is 0 Å². The number of hydrogen-bond acceptors (Lipinski definition) is 4. The zero-order valence-electron chi connectivity index (χ0n) is 16.6. The molecule has 1 saturated heterocycles. The summed E-state index contributed by atoms with van der Waals surface area (Å²) in [5.74, 6) is 1.05. The number of H-pyrrole nitrogens is 1. The quantitative estimate of drug-likeness (QED) is 0.849. The van der Waals surface area contributed by atoms with Gasteiger partial charge in [0.05, 0.1) is 0 Å². The van der Waals surface area contributed by atoms with Crippen molar-refractivity contribution in [3.05, 3.63) is 29.7 Å². The molecule has 1 aliphatic heterocycles. The van der Waals surface area contributed by atoms with Crippen LogP contribution in [0.5, 0.6) is 0 Å². The third-order valence-corrected chi connectivity index (χ3v) is 4.37. The number of anilines is 1. The summed E-state index contributed by atoms with van der Waals surface area (Å²) >= 11 is 0. The van der Waals surface area contributed by atoms with Crippen LogP contribution >= 0.6 is 0 Å². The summed E-state index contributed by atoms with van der Waals surface area (Å²) < 4.78 is 0. The smallest absolute Gasteiger partial charge is 0.130 e. The molecule has 1 aromatic rings. The van der Waals surface area contributed by atoms with E-state index in [9.17, 15) is 0 Å². The van der Waals surface area contributed by atoms with Crippen LogP contribution in [-0.2, 0) is 6.42 Å². The Labute approximate surface area is 153 Å². The van der Waals surface area contributed by atoms with Crippen LogP contribution in [0.3, 0.4) is 0 Å². The van der Waals surface area contributed by atoms with Crippen molar-refractivity contribution in [3.63, 3.8) is 0 Å². The number of aromatic nitrogens is 3. The molecule has 25 heavy (non-hydrogen) atoms. The Morgan fingerprint density at radius 3 is 2.88 bits per heavy atom. The van der Waals surface area contributed by atoms with Gasteiger partial charge in [-0.05, 0) is 59.4 Å². The van der Waals surface area contributed by atoms with E-state index in [1.54, 1.807) is 6.20 Å². The van der Waals surface area contributed by atoms with E-state index >= 15 is 0 Å². The summed E-state index contributed by atoms with van der Waals surface area (Å²) in [4.78, 5) is 7.30. The molecule has 2 rings (SSSR count). The van der Waals surface area contributed by atoms with Crippen molar-refractivity contribution >= 4 is 5.82 Å². The molecule has 0 radical (unpaired) electrons. The van der Waals surface area contributed by atoms with E-state index in [0.29, 0.717) is 6.04 Å². The largest absolute Gasteiger partial charge is 0.355 e. The minimum Gasteiger partial charge on any atom is -0.355 e. The normalized spacial score (nSPS) is 18.1. The Morgan fingerprint density at radius 2 is 2.16 bits per heavy atom. The lowest BCUT2D eigenvalue weighted by atomic mass is 10.0. The summed E-state index contributed by atoms with van der Waals surface area (Å²) in [5, 5.41) is 11.2. The molecule has 0 aromatic carbocycles. The SMILES string of the molecule is CCCCc1cc(N2CCCC(NC(C)(C)C)C2)nc(C)ccn[nH]1. The molecule has 1 aromatic heterocycles. The molecule has 0 amide bonds. The van der Waals surface area contributed by atoms with Gasteiger partial charge in [0.25, 0.3) is 0 Å². The highest BCUT2D eigenvalue weighted by Crippen LogP contribution is 2.20. The second-order valence-corrected chi connectivity index (χ2v) is 8.12. The molecular formula is C20H35N5. The van der Waals surface area contributed by atoms with Crippen LogP contribution in [0.15, 0.2) is 18.3 Å². The second kappa shape index (κ2) is 9.18. The fourth-order valence-electron chi connectivity index (χ4n) is 3.28. The van der Waals surface area contributed by atoms with Gasteiger partial charge in [-0.3, -0.25) is 5.10 Å². The Balaban J connectivity index is 2.28. The topological polar surface area (TPSA) is 56.8 Å². The molecule has 0 aliphatic carbocycles. The van der Waals surface area contributed by atoms with Crippen molar-refractivity contribution in [1.29, 1.82) is 0 Å². The van der Waals surface area contributed by atoms with Crippen LogP contribution in [-0.4, -0.2) is 39.9 Å². The highest BCUT2D eigenvalue weighted by Gasteiger charge is 2.24. The molecule has 5 heteroatoms. The van der Waals surface area contributed by atoms with Gasteiger partial charge in [-0.1, -0.05) is 13.3 Å². The van der Waals surface area contributed by atoms with E-state index in [1.165, 1.54) is 19.3 Å². The van der Waals surface area contributed by atoms with Gasteiger partial charge in [0.1, 0.15) is 5.82 Å². The number of piperidine rings is 1. The highest BCUT2D eigenvalue weighted by atomic mass is 15.2. The van der Waals surface area contributed by atoms with Gasteiger partial charge in [-0.2, -0.15) is 5.10 Å². The van der Waals surface area contributed by atoms with Crippen LogP contribution in [0.4, 0.5) is 5.82 Å². The molecule has 0 saturated carbocycles. The number of unbranched alkanes of at least 4 members (excludes halogenated alkanes) is 1. The van der Waals surface area contributed by atoms with E-state index in [2.05, 4.69) is 54.2 Å². The number of nitrogens with zero attached hydrogens (tertiary/aromatic N) is 3. The molecule has 1 atom stereocenters. The predicted octanol–water partition coefficient (Wildman–Crippen LogP) is 3.94. The molecule has 1 aliphatic rings. The maximum atomic E-state index is 4.88. The lowest BCUT2D eigenvalue weighted by molar-refractivity contribution is 0.323. The first-order valence-electron chi connectivity index (χ1n) is 9.65. The summed E-state index contributed by atoms with van der Waals surface area (Å²) in [7, 11) is 0. The average molecular weight is 346 g/mol. The minimum atomic E-state index is 0.140. The fourth-order valence-corrected chi connectivity index (χ4v) is 3.28. The van der Waals surface area contributed by atoms with Gasteiger partial charge in [-0.15, -0.1) is 0 Å². The second-order valence-electron chi connectivity index (χ2n) is 8.12.